The summed E-state index contributed by atoms with van der Waals surface area (Å²) in [6, 6.07) is 0. The van der Waals surface area contributed by atoms with Crippen LogP contribution in [0, 0.1) is 7.11 Å². The lowest BCUT2D eigenvalue weighted by atomic mass is 10.5. The Bertz CT molecular complexity index is 194. The van der Waals surface area contributed by atoms with E-state index in [-0.39, 0.29) is 0 Å². The van der Waals surface area contributed by atoms with E-state index in [0.717, 1.165) is 0 Å². The molecule has 0 aliphatic heterocycles. The number of carbonyl (C=O) groups excluding carboxylic acids is 1. The van der Waals surface area contributed by atoms with E-state index in [1.54, 1.807) is 0 Å². The molecule has 6 heteroatoms. The summed E-state index contributed by atoms with van der Waals surface area (Å²) < 4.78 is 24.7. The smallest absolute Gasteiger partial charge is 0.386 e. The number of carbonyl (C=O) groups is 1. The second kappa shape index (κ2) is 4.50. The van der Waals surface area contributed by atoms with Crippen LogP contribution in [0.15, 0.2) is 0 Å². The standard InChI is InChI=1S/C6H12O5P/c1-5(6(7)9-2)12(8,10-3)11-4/h5H,3H2,1-2,4H3/q+1. The first-order chi connectivity index (χ1) is 5.51. The van der Waals surface area contributed by atoms with Gasteiger partial charge in [0.15, 0.2) is 5.66 Å². The van der Waals surface area contributed by atoms with Crippen LogP contribution < -0.4 is 0 Å². The van der Waals surface area contributed by atoms with Gasteiger partial charge in [-0.1, -0.05) is 0 Å². The molecule has 0 radical (unpaired) electrons. The number of hydrogen-bond acceptors (Lipinski definition) is 5. The van der Waals surface area contributed by atoms with Crippen molar-refractivity contribution >= 4 is 13.6 Å². The highest BCUT2D eigenvalue weighted by atomic mass is 31.2. The van der Waals surface area contributed by atoms with E-state index in [1.807, 2.05) is 0 Å². The van der Waals surface area contributed by atoms with Gasteiger partial charge in [0.25, 0.3) is 0 Å². The van der Waals surface area contributed by atoms with Crippen LogP contribution in [0.25, 0.3) is 0 Å². The van der Waals surface area contributed by atoms with Crippen LogP contribution >= 0.6 is 7.60 Å². The molecule has 0 aromatic rings. The number of rotatable bonds is 4. The molecular formula is C6H12O5P+. The molecule has 5 nitrogen and oxygen atoms in total. The van der Waals surface area contributed by atoms with Crippen molar-refractivity contribution in [1.82, 2.24) is 0 Å². The Balaban J connectivity index is 4.53. The molecule has 0 N–H and O–H groups in total. The normalized spacial score (nSPS) is 17.9. The Labute approximate surface area is 71.5 Å². The Morgan fingerprint density at radius 2 is 2.00 bits per heavy atom. The lowest BCUT2D eigenvalue weighted by Crippen LogP contribution is -2.20. The van der Waals surface area contributed by atoms with Gasteiger partial charge in [0, 0.05) is 7.11 Å². The van der Waals surface area contributed by atoms with Crippen LogP contribution in [0.4, 0.5) is 0 Å². The van der Waals surface area contributed by atoms with Gasteiger partial charge >= 0.3 is 13.6 Å². The fourth-order valence-electron chi connectivity index (χ4n) is 0.622. The Morgan fingerprint density at radius 3 is 2.25 bits per heavy atom. The maximum Gasteiger partial charge on any atom is 0.386 e. The fraction of sp³-hybridized carbons (Fsp3) is 0.667. The summed E-state index contributed by atoms with van der Waals surface area (Å²) in [7, 11) is 1.92. The maximum absolute atomic E-state index is 11.4. The molecule has 2 atom stereocenters. The summed E-state index contributed by atoms with van der Waals surface area (Å²) in [5, 5.41) is 0. The minimum atomic E-state index is -3.43. The van der Waals surface area contributed by atoms with Gasteiger partial charge in [-0.15, -0.1) is 4.52 Å². The highest BCUT2D eigenvalue weighted by Crippen LogP contribution is 2.52. The van der Waals surface area contributed by atoms with Crippen LogP contribution in [0.3, 0.4) is 0 Å². The van der Waals surface area contributed by atoms with E-state index in [1.165, 1.54) is 21.1 Å². The summed E-state index contributed by atoms with van der Waals surface area (Å²) in [5.41, 5.74) is -0.954. The zero-order valence-electron chi connectivity index (χ0n) is 7.27. The van der Waals surface area contributed by atoms with E-state index in [4.69, 9.17) is 0 Å². The third-order valence-electron chi connectivity index (χ3n) is 1.45. The fourth-order valence-corrected chi connectivity index (χ4v) is 1.63. The zero-order chi connectivity index (χ0) is 9.78. The van der Waals surface area contributed by atoms with Crippen LogP contribution in [-0.2, 0) is 23.1 Å². The lowest BCUT2D eigenvalue weighted by Gasteiger charge is -2.14. The van der Waals surface area contributed by atoms with E-state index in [2.05, 4.69) is 20.9 Å². The van der Waals surface area contributed by atoms with Crippen LogP contribution in [0.5, 0.6) is 0 Å². The number of methoxy groups -OCH3 is 1. The molecule has 0 spiro atoms. The van der Waals surface area contributed by atoms with Gasteiger partial charge in [0.1, 0.15) is 0 Å². The summed E-state index contributed by atoms with van der Waals surface area (Å²) in [5.74, 6) is -0.649. The molecule has 0 bridgehead atoms. The van der Waals surface area contributed by atoms with Crippen LogP contribution in [-0.4, -0.2) is 25.8 Å². The van der Waals surface area contributed by atoms with Crippen molar-refractivity contribution in [2.45, 2.75) is 12.6 Å². The molecule has 0 saturated carbocycles. The first-order valence-corrected chi connectivity index (χ1v) is 4.80. The average Bonchev–Trinajstić information content (AvgIpc) is 2.14. The molecule has 12 heavy (non-hydrogen) atoms. The maximum atomic E-state index is 11.4. The highest BCUT2D eigenvalue weighted by molar-refractivity contribution is 7.55. The quantitative estimate of drug-likeness (QED) is 0.383. The van der Waals surface area contributed by atoms with Gasteiger partial charge in [0.05, 0.1) is 7.11 Å². The molecule has 0 aromatic heterocycles. The predicted octanol–water partition coefficient (Wildman–Crippen LogP) is 1.20. The lowest BCUT2D eigenvalue weighted by molar-refractivity contribution is -0.140. The van der Waals surface area contributed by atoms with E-state index in [9.17, 15) is 9.36 Å². The van der Waals surface area contributed by atoms with Crippen LogP contribution in [0.1, 0.15) is 6.92 Å². The molecule has 0 heterocycles. The van der Waals surface area contributed by atoms with Crippen molar-refractivity contribution in [3.8, 4) is 0 Å². The molecule has 0 aromatic carbocycles. The number of esters is 1. The molecule has 70 valence electrons. The van der Waals surface area contributed by atoms with Gasteiger partial charge in [-0.05, 0) is 6.92 Å². The molecule has 0 aliphatic carbocycles. The topological polar surface area (TPSA) is 61.8 Å². The third-order valence-corrected chi connectivity index (χ3v) is 3.48. The molecule has 0 saturated heterocycles. The first-order valence-electron chi connectivity index (χ1n) is 3.19. The van der Waals surface area contributed by atoms with Gasteiger partial charge < -0.3 is 9.26 Å². The van der Waals surface area contributed by atoms with E-state index in [0.29, 0.717) is 0 Å². The molecule has 0 aliphatic rings. The van der Waals surface area contributed by atoms with E-state index < -0.39 is 19.2 Å². The van der Waals surface area contributed by atoms with Gasteiger partial charge in [-0.2, -0.15) is 0 Å². The van der Waals surface area contributed by atoms with Crippen molar-refractivity contribution in [2.75, 3.05) is 14.2 Å². The Kier molecular flexibility index (Phi) is 4.31. The van der Waals surface area contributed by atoms with Crippen molar-refractivity contribution in [3.63, 3.8) is 0 Å². The summed E-state index contributed by atoms with van der Waals surface area (Å²) in [4.78, 5) is 10.9. The first kappa shape index (κ1) is 11.5. The monoisotopic (exact) mass is 195 g/mol. The minimum absolute atomic E-state index is 0.649. The van der Waals surface area contributed by atoms with Crippen LogP contribution in [0.2, 0.25) is 0 Å². The van der Waals surface area contributed by atoms with Gasteiger partial charge in [0.2, 0.25) is 7.11 Å². The van der Waals surface area contributed by atoms with Crippen molar-refractivity contribution in [1.29, 1.82) is 0 Å². The van der Waals surface area contributed by atoms with Gasteiger partial charge in [-0.25, -0.2) is 0 Å². The SMILES string of the molecule is [CH2+]OP(=O)(OC)C(C)C(=O)OC. The van der Waals surface area contributed by atoms with E-state index >= 15 is 0 Å². The summed E-state index contributed by atoms with van der Waals surface area (Å²) in [6.07, 6.45) is 0. The second-order valence-corrected chi connectivity index (χ2v) is 4.53. The van der Waals surface area contributed by atoms with Crippen molar-refractivity contribution in [2.24, 2.45) is 0 Å². The van der Waals surface area contributed by atoms with Crippen molar-refractivity contribution < 1.29 is 23.1 Å². The molecule has 0 amide bonds. The predicted molar refractivity (Wildman–Crippen MR) is 42.5 cm³/mol. The van der Waals surface area contributed by atoms with Crippen molar-refractivity contribution in [3.05, 3.63) is 7.11 Å². The third kappa shape index (κ3) is 2.24. The minimum Gasteiger partial charge on any atom is -0.468 e. The largest absolute Gasteiger partial charge is 0.468 e. The molecule has 0 fully saturated rings. The number of ether oxygens (including phenoxy) is 1. The second-order valence-electron chi connectivity index (χ2n) is 2.05. The summed E-state index contributed by atoms with van der Waals surface area (Å²) in [6.45, 7) is 1.39. The zero-order valence-corrected chi connectivity index (χ0v) is 8.17. The number of hydrogen-bond donors (Lipinski definition) is 0. The molecule has 2 unspecified atom stereocenters. The Hall–Kier alpha value is -0.510. The Morgan fingerprint density at radius 1 is 1.50 bits per heavy atom. The summed E-state index contributed by atoms with van der Waals surface area (Å²) >= 11 is 0. The molecular weight excluding hydrogens is 183 g/mol. The molecule has 0 rings (SSSR count). The van der Waals surface area contributed by atoms with Gasteiger partial charge in [-0.3, -0.25) is 9.36 Å². The average molecular weight is 195 g/mol. The highest BCUT2D eigenvalue weighted by Gasteiger charge is 2.39.